The zero-order valence-corrected chi connectivity index (χ0v) is 9.10. The van der Waals surface area contributed by atoms with Crippen LogP contribution in [0.1, 0.15) is 12.8 Å². The van der Waals surface area contributed by atoms with E-state index in [2.05, 4.69) is 4.90 Å². The van der Waals surface area contributed by atoms with Gasteiger partial charge in [0.15, 0.2) is 0 Å². The van der Waals surface area contributed by atoms with Gasteiger partial charge in [0.2, 0.25) is 0 Å². The Balaban J connectivity index is 1.55. The van der Waals surface area contributed by atoms with Crippen LogP contribution in [0.3, 0.4) is 0 Å². The maximum Gasteiger partial charge on any atom is 0.0967 e. The molecule has 0 spiro atoms. The Kier molecular flexibility index (Phi) is 2.68. The molecular formula is C11H20N2O2. The van der Waals surface area contributed by atoms with Crippen LogP contribution in [0.15, 0.2) is 0 Å². The van der Waals surface area contributed by atoms with Crippen molar-refractivity contribution in [1.82, 2.24) is 4.90 Å². The first-order valence-electron chi connectivity index (χ1n) is 6.06. The number of fused-ring (bicyclic) bond motifs is 1. The average Bonchev–Trinajstić information content (AvgIpc) is 2.75. The fraction of sp³-hybridized carbons (Fsp3) is 1.00. The largest absolute Gasteiger partial charge is 0.375 e. The summed E-state index contributed by atoms with van der Waals surface area (Å²) in [4.78, 5) is 2.44. The Bertz CT molecular complexity index is 235. The van der Waals surface area contributed by atoms with Crippen LogP contribution in [0.2, 0.25) is 0 Å². The molecule has 86 valence electrons. The van der Waals surface area contributed by atoms with Crippen LogP contribution in [-0.4, -0.2) is 56.0 Å². The van der Waals surface area contributed by atoms with E-state index < -0.39 is 0 Å². The minimum atomic E-state index is 0.298. The SMILES string of the molecule is NCC1CCN1CC1OCC2CCOC21. The lowest BCUT2D eigenvalue weighted by Gasteiger charge is -2.42. The van der Waals surface area contributed by atoms with Crippen molar-refractivity contribution in [2.75, 3.05) is 32.8 Å². The second kappa shape index (κ2) is 4.01. The molecule has 0 radical (unpaired) electrons. The van der Waals surface area contributed by atoms with Crippen LogP contribution in [0.5, 0.6) is 0 Å². The highest BCUT2D eigenvalue weighted by Gasteiger charge is 2.43. The fourth-order valence-corrected chi connectivity index (χ4v) is 2.98. The number of hydrogen-bond acceptors (Lipinski definition) is 4. The molecule has 0 aromatic rings. The van der Waals surface area contributed by atoms with Crippen molar-refractivity contribution >= 4 is 0 Å². The summed E-state index contributed by atoms with van der Waals surface area (Å²) in [6.07, 6.45) is 3.09. The van der Waals surface area contributed by atoms with Crippen molar-refractivity contribution in [1.29, 1.82) is 0 Å². The molecule has 3 rings (SSSR count). The zero-order chi connectivity index (χ0) is 10.3. The molecule has 0 amide bonds. The molecular weight excluding hydrogens is 192 g/mol. The lowest BCUT2D eigenvalue weighted by atomic mass is 9.98. The molecule has 3 fully saturated rings. The molecule has 0 aromatic heterocycles. The number of hydrogen-bond donors (Lipinski definition) is 1. The number of rotatable bonds is 3. The van der Waals surface area contributed by atoms with Gasteiger partial charge in [-0.05, 0) is 12.8 Å². The van der Waals surface area contributed by atoms with Gasteiger partial charge >= 0.3 is 0 Å². The molecule has 3 saturated heterocycles. The number of nitrogens with two attached hydrogens (primary N) is 1. The van der Waals surface area contributed by atoms with Gasteiger partial charge in [-0.25, -0.2) is 0 Å². The van der Waals surface area contributed by atoms with Gasteiger partial charge in [-0.1, -0.05) is 0 Å². The van der Waals surface area contributed by atoms with Gasteiger partial charge in [-0.15, -0.1) is 0 Å². The van der Waals surface area contributed by atoms with Gasteiger partial charge < -0.3 is 15.2 Å². The lowest BCUT2D eigenvalue weighted by Crippen LogP contribution is -2.55. The number of nitrogens with zero attached hydrogens (tertiary/aromatic N) is 1. The summed E-state index contributed by atoms with van der Waals surface area (Å²) in [6, 6.07) is 0.592. The zero-order valence-electron chi connectivity index (χ0n) is 9.10. The highest BCUT2D eigenvalue weighted by Crippen LogP contribution is 2.33. The summed E-state index contributed by atoms with van der Waals surface area (Å²) in [5.41, 5.74) is 5.69. The van der Waals surface area contributed by atoms with Crippen LogP contribution in [-0.2, 0) is 9.47 Å². The first-order valence-corrected chi connectivity index (χ1v) is 6.06. The molecule has 4 nitrogen and oxygen atoms in total. The molecule has 4 atom stereocenters. The van der Waals surface area contributed by atoms with Crippen molar-refractivity contribution in [2.24, 2.45) is 11.7 Å². The summed E-state index contributed by atoms with van der Waals surface area (Å²) in [7, 11) is 0. The topological polar surface area (TPSA) is 47.7 Å². The average molecular weight is 212 g/mol. The standard InChI is InChI=1S/C11H20N2O2/c12-5-9-1-3-13(9)6-10-11-8(7-15-10)2-4-14-11/h8-11H,1-7,12H2. The third-order valence-electron chi connectivity index (χ3n) is 4.11. The van der Waals surface area contributed by atoms with Crippen molar-refractivity contribution in [2.45, 2.75) is 31.1 Å². The van der Waals surface area contributed by atoms with Crippen LogP contribution in [0, 0.1) is 5.92 Å². The predicted octanol–water partition coefficient (Wildman–Crippen LogP) is -0.177. The van der Waals surface area contributed by atoms with Gasteiger partial charge in [0.1, 0.15) is 0 Å². The smallest absolute Gasteiger partial charge is 0.0967 e. The van der Waals surface area contributed by atoms with E-state index in [1.165, 1.54) is 19.4 Å². The maximum atomic E-state index is 5.81. The quantitative estimate of drug-likeness (QED) is 0.705. The third kappa shape index (κ3) is 1.69. The van der Waals surface area contributed by atoms with Crippen molar-refractivity contribution in [3.05, 3.63) is 0 Å². The first-order chi connectivity index (χ1) is 7.38. The summed E-state index contributed by atoms with van der Waals surface area (Å²) < 4.78 is 11.6. The molecule has 3 heterocycles. The molecule has 3 aliphatic heterocycles. The van der Waals surface area contributed by atoms with Gasteiger partial charge in [-0.3, -0.25) is 4.90 Å². The van der Waals surface area contributed by atoms with E-state index in [9.17, 15) is 0 Å². The molecule has 0 bridgehead atoms. The second-order valence-corrected chi connectivity index (χ2v) is 4.93. The van der Waals surface area contributed by atoms with E-state index in [0.29, 0.717) is 24.2 Å². The minimum absolute atomic E-state index is 0.298. The Morgan fingerprint density at radius 3 is 2.93 bits per heavy atom. The summed E-state index contributed by atoms with van der Waals surface area (Å²) >= 11 is 0. The molecule has 3 aliphatic rings. The summed E-state index contributed by atoms with van der Waals surface area (Å²) in [5.74, 6) is 0.660. The molecule has 0 saturated carbocycles. The van der Waals surface area contributed by atoms with E-state index in [1.54, 1.807) is 0 Å². The van der Waals surface area contributed by atoms with E-state index >= 15 is 0 Å². The third-order valence-corrected chi connectivity index (χ3v) is 4.11. The van der Waals surface area contributed by atoms with Crippen molar-refractivity contribution in [3.63, 3.8) is 0 Å². The van der Waals surface area contributed by atoms with E-state index in [4.69, 9.17) is 15.2 Å². The molecule has 0 aliphatic carbocycles. The summed E-state index contributed by atoms with van der Waals surface area (Å²) in [6.45, 7) is 4.80. The van der Waals surface area contributed by atoms with Gasteiger partial charge in [-0.2, -0.15) is 0 Å². The van der Waals surface area contributed by atoms with Gasteiger partial charge in [0.05, 0.1) is 18.8 Å². The van der Waals surface area contributed by atoms with Crippen LogP contribution >= 0.6 is 0 Å². The van der Waals surface area contributed by atoms with Crippen LogP contribution in [0.4, 0.5) is 0 Å². The first kappa shape index (κ1) is 10.0. The highest BCUT2D eigenvalue weighted by molar-refractivity contribution is 4.93. The normalized spacial score (nSPS) is 45.4. The molecule has 15 heavy (non-hydrogen) atoms. The van der Waals surface area contributed by atoms with Gasteiger partial charge in [0, 0.05) is 38.2 Å². The monoisotopic (exact) mass is 212 g/mol. The van der Waals surface area contributed by atoms with E-state index in [0.717, 1.165) is 26.3 Å². The lowest BCUT2D eigenvalue weighted by molar-refractivity contribution is -0.0343. The Hall–Kier alpha value is -0.160. The number of likely N-dealkylation sites (tertiary alicyclic amines) is 1. The Morgan fingerprint density at radius 1 is 1.27 bits per heavy atom. The van der Waals surface area contributed by atoms with Gasteiger partial charge in [0.25, 0.3) is 0 Å². The maximum absolute atomic E-state index is 5.81. The summed E-state index contributed by atoms with van der Waals surface area (Å²) in [5, 5.41) is 0. The molecule has 4 heteroatoms. The fourth-order valence-electron chi connectivity index (χ4n) is 2.98. The number of ether oxygens (including phenoxy) is 2. The van der Waals surface area contributed by atoms with Crippen LogP contribution < -0.4 is 5.73 Å². The minimum Gasteiger partial charge on any atom is -0.375 e. The van der Waals surface area contributed by atoms with E-state index in [1.807, 2.05) is 0 Å². The Labute approximate surface area is 90.7 Å². The molecule has 2 N–H and O–H groups in total. The van der Waals surface area contributed by atoms with E-state index in [-0.39, 0.29) is 0 Å². The second-order valence-electron chi connectivity index (χ2n) is 4.93. The van der Waals surface area contributed by atoms with Crippen molar-refractivity contribution in [3.8, 4) is 0 Å². The highest BCUT2D eigenvalue weighted by atomic mass is 16.6. The Morgan fingerprint density at radius 2 is 2.20 bits per heavy atom. The molecule has 0 aromatic carbocycles. The van der Waals surface area contributed by atoms with Crippen molar-refractivity contribution < 1.29 is 9.47 Å². The van der Waals surface area contributed by atoms with Crippen LogP contribution in [0.25, 0.3) is 0 Å². The predicted molar refractivity (Wildman–Crippen MR) is 56.6 cm³/mol. The molecule has 4 unspecified atom stereocenters.